The molecular weight excluding hydrogens is 234 g/mol. The van der Waals surface area contributed by atoms with Gasteiger partial charge in [0.15, 0.2) is 0 Å². The molecule has 18 heavy (non-hydrogen) atoms. The van der Waals surface area contributed by atoms with Gasteiger partial charge in [0.25, 0.3) is 0 Å². The van der Waals surface area contributed by atoms with Gasteiger partial charge in [0.05, 0.1) is 0 Å². The predicted octanol–water partition coefficient (Wildman–Crippen LogP) is 2.45. The molecule has 2 rings (SSSR count). The number of carboxylic acids is 1. The molecule has 1 aromatic carbocycles. The average molecular weight is 245 g/mol. The monoisotopic (exact) mass is 245 g/mol. The van der Waals surface area contributed by atoms with Gasteiger partial charge in [-0.15, -0.1) is 0 Å². The normalized spacial score (nSPS) is 10.9. The molecule has 0 spiro atoms. The van der Waals surface area contributed by atoms with Gasteiger partial charge in [-0.2, -0.15) is 0 Å². The van der Waals surface area contributed by atoms with Crippen LogP contribution in [0.3, 0.4) is 0 Å². The third kappa shape index (κ3) is 2.57. The van der Waals surface area contributed by atoms with E-state index in [2.05, 4.69) is 5.16 Å². The van der Waals surface area contributed by atoms with Crippen molar-refractivity contribution in [1.82, 2.24) is 5.16 Å². The molecule has 0 amide bonds. The first kappa shape index (κ1) is 11.9. The molecule has 2 aromatic rings. The molecule has 0 bridgehead atoms. The van der Waals surface area contributed by atoms with Crippen LogP contribution in [-0.4, -0.2) is 21.3 Å². The first-order chi connectivity index (χ1) is 8.56. The maximum Gasteiger partial charge on any atom is 0.328 e. The lowest BCUT2D eigenvalue weighted by Gasteiger charge is -2.03. The smallest absolute Gasteiger partial charge is 0.328 e. The first-order valence-corrected chi connectivity index (χ1v) is 5.24. The van der Waals surface area contributed by atoms with E-state index in [9.17, 15) is 9.90 Å². The quantitative estimate of drug-likeness (QED) is 0.811. The van der Waals surface area contributed by atoms with Gasteiger partial charge in [-0.1, -0.05) is 11.2 Å². The standard InChI is InChI=1S/C13H11NO4/c1-8-6-12(14-18-8)11-7-10(15)4-2-9(11)3-5-13(16)17/h2-7,15H,1H3,(H,16,17). The van der Waals surface area contributed by atoms with Crippen molar-refractivity contribution >= 4 is 12.0 Å². The lowest BCUT2D eigenvalue weighted by Crippen LogP contribution is -1.88. The van der Waals surface area contributed by atoms with Crippen molar-refractivity contribution in [2.24, 2.45) is 0 Å². The van der Waals surface area contributed by atoms with Crippen LogP contribution >= 0.6 is 0 Å². The molecule has 1 aromatic heterocycles. The second-order valence-electron chi connectivity index (χ2n) is 3.77. The molecule has 0 aliphatic heterocycles. The summed E-state index contributed by atoms with van der Waals surface area (Å²) in [6.07, 6.45) is 2.48. The van der Waals surface area contributed by atoms with E-state index in [1.807, 2.05) is 0 Å². The summed E-state index contributed by atoms with van der Waals surface area (Å²) < 4.78 is 4.97. The maximum absolute atomic E-state index is 10.5. The Morgan fingerprint density at radius 1 is 1.39 bits per heavy atom. The summed E-state index contributed by atoms with van der Waals surface area (Å²) in [6.45, 7) is 1.76. The van der Waals surface area contributed by atoms with Gasteiger partial charge in [-0.05, 0) is 30.7 Å². The summed E-state index contributed by atoms with van der Waals surface area (Å²) in [4.78, 5) is 10.5. The van der Waals surface area contributed by atoms with Crippen LogP contribution in [0.25, 0.3) is 17.3 Å². The maximum atomic E-state index is 10.5. The predicted molar refractivity (Wildman–Crippen MR) is 65.0 cm³/mol. The fourth-order valence-electron chi connectivity index (χ4n) is 1.57. The van der Waals surface area contributed by atoms with E-state index in [0.29, 0.717) is 22.6 Å². The molecular formula is C13H11NO4. The Kier molecular flexibility index (Phi) is 3.14. The third-order valence-corrected chi connectivity index (χ3v) is 2.35. The van der Waals surface area contributed by atoms with Crippen LogP contribution < -0.4 is 0 Å². The fourth-order valence-corrected chi connectivity index (χ4v) is 1.57. The highest BCUT2D eigenvalue weighted by Crippen LogP contribution is 2.28. The second-order valence-corrected chi connectivity index (χ2v) is 3.77. The van der Waals surface area contributed by atoms with E-state index in [1.165, 1.54) is 18.2 Å². The number of aryl methyl sites for hydroxylation is 1. The number of carbonyl (C=O) groups is 1. The summed E-state index contributed by atoms with van der Waals surface area (Å²) in [5.41, 5.74) is 1.81. The summed E-state index contributed by atoms with van der Waals surface area (Å²) in [7, 11) is 0. The number of aromatic hydroxyl groups is 1. The Balaban J connectivity index is 2.50. The summed E-state index contributed by atoms with van der Waals surface area (Å²) in [6, 6.07) is 6.33. The van der Waals surface area contributed by atoms with Crippen LogP contribution in [0.4, 0.5) is 0 Å². The molecule has 0 unspecified atom stereocenters. The van der Waals surface area contributed by atoms with Crippen LogP contribution in [0.15, 0.2) is 34.9 Å². The summed E-state index contributed by atoms with van der Waals surface area (Å²) >= 11 is 0. The SMILES string of the molecule is Cc1cc(-c2cc(O)ccc2C=CC(=O)O)no1. The van der Waals surface area contributed by atoms with Crippen molar-refractivity contribution in [3.8, 4) is 17.0 Å². The lowest BCUT2D eigenvalue weighted by molar-refractivity contribution is -0.131. The Hall–Kier alpha value is -2.56. The Bertz CT molecular complexity index is 613. The largest absolute Gasteiger partial charge is 0.508 e. The zero-order valence-corrected chi connectivity index (χ0v) is 9.62. The molecule has 0 aliphatic carbocycles. The summed E-state index contributed by atoms with van der Waals surface area (Å²) in [5, 5.41) is 22.0. The minimum atomic E-state index is -1.04. The van der Waals surface area contributed by atoms with Crippen molar-refractivity contribution in [2.45, 2.75) is 6.92 Å². The van der Waals surface area contributed by atoms with Crippen LogP contribution in [-0.2, 0) is 4.79 Å². The highest BCUT2D eigenvalue weighted by molar-refractivity contribution is 5.87. The Morgan fingerprint density at radius 2 is 2.17 bits per heavy atom. The van der Waals surface area contributed by atoms with Gasteiger partial charge in [-0.3, -0.25) is 0 Å². The highest BCUT2D eigenvalue weighted by atomic mass is 16.5. The van der Waals surface area contributed by atoms with Crippen molar-refractivity contribution in [2.75, 3.05) is 0 Å². The van der Waals surface area contributed by atoms with Crippen LogP contribution in [0, 0.1) is 6.92 Å². The highest BCUT2D eigenvalue weighted by Gasteiger charge is 2.09. The second kappa shape index (κ2) is 4.75. The van der Waals surface area contributed by atoms with Crippen LogP contribution in [0.1, 0.15) is 11.3 Å². The topological polar surface area (TPSA) is 83.6 Å². The zero-order valence-electron chi connectivity index (χ0n) is 9.62. The number of phenolic OH excluding ortho intramolecular Hbond substituents is 1. The van der Waals surface area contributed by atoms with Crippen LogP contribution in [0.2, 0.25) is 0 Å². The van der Waals surface area contributed by atoms with Gasteiger partial charge in [0.2, 0.25) is 0 Å². The van der Waals surface area contributed by atoms with E-state index in [4.69, 9.17) is 9.63 Å². The number of aromatic nitrogens is 1. The van der Waals surface area contributed by atoms with Gasteiger partial charge >= 0.3 is 5.97 Å². The number of benzene rings is 1. The number of hydrogen-bond acceptors (Lipinski definition) is 4. The van der Waals surface area contributed by atoms with Crippen molar-refractivity contribution in [3.05, 3.63) is 41.7 Å². The minimum Gasteiger partial charge on any atom is -0.508 e. The molecule has 0 aliphatic rings. The van der Waals surface area contributed by atoms with E-state index < -0.39 is 5.97 Å². The van der Waals surface area contributed by atoms with Crippen molar-refractivity contribution < 1.29 is 19.5 Å². The molecule has 0 saturated heterocycles. The molecule has 5 heteroatoms. The molecule has 0 radical (unpaired) electrons. The molecule has 92 valence electrons. The number of nitrogens with zero attached hydrogens (tertiary/aromatic N) is 1. The van der Waals surface area contributed by atoms with Crippen molar-refractivity contribution in [3.63, 3.8) is 0 Å². The van der Waals surface area contributed by atoms with E-state index in [1.54, 1.807) is 19.1 Å². The zero-order chi connectivity index (χ0) is 13.1. The Labute approximate surface area is 103 Å². The molecule has 0 fully saturated rings. The molecule has 1 heterocycles. The fraction of sp³-hybridized carbons (Fsp3) is 0.0769. The van der Waals surface area contributed by atoms with E-state index in [-0.39, 0.29) is 5.75 Å². The Morgan fingerprint density at radius 3 is 2.78 bits per heavy atom. The van der Waals surface area contributed by atoms with Gasteiger partial charge in [0, 0.05) is 17.7 Å². The summed E-state index contributed by atoms with van der Waals surface area (Å²) in [5.74, 6) is -0.315. The van der Waals surface area contributed by atoms with Crippen molar-refractivity contribution in [1.29, 1.82) is 0 Å². The number of phenols is 1. The molecule has 0 saturated carbocycles. The third-order valence-electron chi connectivity index (χ3n) is 2.35. The molecule has 0 atom stereocenters. The first-order valence-electron chi connectivity index (χ1n) is 5.24. The molecule has 2 N–H and O–H groups in total. The van der Waals surface area contributed by atoms with Crippen LogP contribution in [0.5, 0.6) is 5.75 Å². The van der Waals surface area contributed by atoms with Gasteiger partial charge < -0.3 is 14.7 Å². The number of rotatable bonds is 3. The number of hydrogen-bond donors (Lipinski definition) is 2. The number of carboxylic acid groups (broad SMARTS) is 1. The number of aliphatic carboxylic acids is 1. The van der Waals surface area contributed by atoms with Gasteiger partial charge in [0.1, 0.15) is 17.2 Å². The van der Waals surface area contributed by atoms with E-state index >= 15 is 0 Å². The average Bonchev–Trinajstić information content (AvgIpc) is 2.74. The van der Waals surface area contributed by atoms with Gasteiger partial charge in [-0.25, -0.2) is 4.79 Å². The minimum absolute atomic E-state index is 0.0816. The molecule has 5 nitrogen and oxygen atoms in total. The van der Waals surface area contributed by atoms with E-state index in [0.717, 1.165) is 6.08 Å². The lowest BCUT2D eigenvalue weighted by atomic mass is 10.0.